The summed E-state index contributed by atoms with van der Waals surface area (Å²) < 4.78 is 5.41. The van der Waals surface area contributed by atoms with E-state index in [1.54, 1.807) is 7.05 Å². The number of nitrogens with zero attached hydrogens (tertiary/aromatic N) is 2. The first kappa shape index (κ1) is 23.0. The van der Waals surface area contributed by atoms with Gasteiger partial charge < -0.3 is 20.3 Å². The molecule has 1 aliphatic rings. The van der Waals surface area contributed by atoms with E-state index in [9.17, 15) is 4.79 Å². The maximum absolute atomic E-state index is 12.1. The number of benzene rings is 1. The predicted octanol–water partition coefficient (Wildman–Crippen LogP) is 3.14. The molecule has 1 atom stereocenters. The van der Waals surface area contributed by atoms with Crippen molar-refractivity contribution in [1.29, 1.82) is 0 Å². The van der Waals surface area contributed by atoms with Crippen molar-refractivity contribution in [2.75, 3.05) is 45.7 Å². The maximum atomic E-state index is 12.1. The number of anilines is 1. The summed E-state index contributed by atoms with van der Waals surface area (Å²) in [5.74, 6) is 1.27. The largest absolute Gasteiger partial charge is 0.381 e. The van der Waals surface area contributed by atoms with Crippen LogP contribution in [0.3, 0.4) is 0 Å². The molecule has 1 aliphatic heterocycles. The molecule has 8 heteroatoms. The fraction of sp³-hybridized carbons (Fsp3) is 0.556. The number of aliphatic imine (C=N–C) groups is 1. The fourth-order valence-electron chi connectivity index (χ4n) is 2.83. The highest BCUT2D eigenvalue weighted by Crippen LogP contribution is 2.22. The molecule has 1 unspecified atom stereocenters. The molecule has 0 bridgehead atoms. The van der Waals surface area contributed by atoms with E-state index in [4.69, 9.17) is 16.3 Å². The third-order valence-corrected chi connectivity index (χ3v) is 4.72. The minimum Gasteiger partial charge on any atom is -0.381 e. The van der Waals surface area contributed by atoms with Crippen molar-refractivity contribution in [2.45, 2.75) is 19.8 Å². The van der Waals surface area contributed by atoms with Gasteiger partial charge in [-0.1, -0.05) is 17.7 Å². The molecule has 1 heterocycles. The normalized spacial score (nSPS) is 16.8. The molecular weight excluding hydrogens is 467 g/mol. The lowest BCUT2D eigenvalue weighted by molar-refractivity contribution is -0.116. The Morgan fingerprint density at radius 2 is 2.23 bits per heavy atom. The van der Waals surface area contributed by atoms with Gasteiger partial charge in [-0.2, -0.15) is 0 Å². The Balaban J connectivity index is 0.00000338. The second kappa shape index (κ2) is 11.6. The number of halogens is 2. The molecule has 1 fully saturated rings. The van der Waals surface area contributed by atoms with Crippen LogP contribution < -0.4 is 10.6 Å². The average molecular weight is 495 g/mol. The van der Waals surface area contributed by atoms with Crippen molar-refractivity contribution in [3.63, 3.8) is 0 Å². The summed E-state index contributed by atoms with van der Waals surface area (Å²) in [5, 5.41) is 6.78. The number of hydrogen-bond acceptors (Lipinski definition) is 3. The average Bonchev–Trinajstić information content (AvgIpc) is 3.08. The smallest absolute Gasteiger partial charge is 0.226 e. The van der Waals surface area contributed by atoms with E-state index in [1.807, 2.05) is 32.2 Å². The molecule has 1 saturated heterocycles. The monoisotopic (exact) mass is 494 g/mol. The zero-order valence-corrected chi connectivity index (χ0v) is 18.6. The third-order valence-electron chi connectivity index (χ3n) is 4.31. The molecule has 1 aromatic carbocycles. The van der Waals surface area contributed by atoms with Gasteiger partial charge in [-0.05, 0) is 31.0 Å². The van der Waals surface area contributed by atoms with Gasteiger partial charge in [0.1, 0.15) is 0 Å². The standard InChI is InChI=1S/C18H27ClN4O2.HI/c1-13-15(19)5-4-6-16(13)22-17(24)7-9-21-18(20-2)23(3)11-14-8-10-25-12-14;/h4-6,14H,7-12H2,1-3H3,(H,20,21)(H,22,24);1H. The van der Waals surface area contributed by atoms with E-state index in [0.29, 0.717) is 23.9 Å². The molecule has 0 saturated carbocycles. The van der Waals surface area contributed by atoms with E-state index in [0.717, 1.165) is 43.4 Å². The Morgan fingerprint density at radius 1 is 1.46 bits per heavy atom. The van der Waals surface area contributed by atoms with Gasteiger partial charge in [0.05, 0.1) is 6.61 Å². The second-order valence-corrected chi connectivity index (χ2v) is 6.70. The zero-order chi connectivity index (χ0) is 18.2. The summed E-state index contributed by atoms with van der Waals surface area (Å²) in [5.41, 5.74) is 1.63. The molecular formula is C18H28ClIN4O2. The van der Waals surface area contributed by atoms with Crippen molar-refractivity contribution in [1.82, 2.24) is 10.2 Å². The molecule has 0 spiro atoms. The lowest BCUT2D eigenvalue weighted by Gasteiger charge is -2.24. The Morgan fingerprint density at radius 3 is 2.88 bits per heavy atom. The van der Waals surface area contributed by atoms with E-state index in [2.05, 4.69) is 20.5 Å². The Kier molecular flexibility index (Phi) is 10.3. The summed E-state index contributed by atoms with van der Waals surface area (Å²) in [6.07, 6.45) is 1.44. The van der Waals surface area contributed by atoms with Crippen LogP contribution in [0.1, 0.15) is 18.4 Å². The number of guanidine groups is 1. The van der Waals surface area contributed by atoms with Crippen molar-refractivity contribution in [2.24, 2.45) is 10.9 Å². The highest BCUT2D eigenvalue weighted by Gasteiger charge is 2.19. The highest BCUT2D eigenvalue weighted by molar-refractivity contribution is 14.0. The number of nitrogens with one attached hydrogen (secondary N) is 2. The van der Waals surface area contributed by atoms with Crippen LogP contribution >= 0.6 is 35.6 Å². The van der Waals surface area contributed by atoms with Gasteiger partial charge in [0.25, 0.3) is 0 Å². The van der Waals surface area contributed by atoms with Crippen LogP contribution in [-0.4, -0.2) is 57.2 Å². The van der Waals surface area contributed by atoms with Crippen LogP contribution in [0.4, 0.5) is 5.69 Å². The summed E-state index contributed by atoms with van der Waals surface area (Å²) in [6.45, 7) is 4.95. The quantitative estimate of drug-likeness (QED) is 0.362. The lowest BCUT2D eigenvalue weighted by Crippen LogP contribution is -2.42. The van der Waals surface area contributed by atoms with E-state index < -0.39 is 0 Å². The van der Waals surface area contributed by atoms with Crippen LogP contribution in [0.2, 0.25) is 5.02 Å². The summed E-state index contributed by atoms with van der Waals surface area (Å²) in [6, 6.07) is 5.49. The van der Waals surface area contributed by atoms with Crippen LogP contribution in [0.25, 0.3) is 0 Å². The van der Waals surface area contributed by atoms with Gasteiger partial charge in [-0.25, -0.2) is 0 Å². The van der Waals surface area contributed by atoms with Crippen LogP contribution in [0, 0.1) is 12.8 Å². The Labute approximate surface area is 177 Å². The van der Waals surface area contributed by atoms with Crippen molar-refractivity contribution in [3.05, 3.63) is 28.8 Å². The van der Waals surface area contributed by atoms with Gasteiger partial charge in [-0.3, -0.25) is 9.79 Å². The topological polar surface area (TPSA) is 66.0 Å². The van der Waals surface area contributed by atoms with Crippen LogP contribution in [-0.2, 0) is 9.53 Å². The molecule has 1 amide bonds. The summed E-state index contributed by atoms with van der Waals surface area (Å²) in [4.78, 5) is 18.5. The first-order valence-corrected chi connectivity index (χ1v) is 8.93. The first-order valence-electron chi connectivity index (χ1n) is 8.55. The van der Waals surface area contributed by atoms with Crippen molar-refractivity contribution in [3.8, 4) is 0 Å². The van der Waals surface area contributed by atoms with Gasteiger partial charge in [0.2, 0.25) is 5.91 Å². The second-order valence-electron chi connectivity index (χ2n) is 6.29. The van der Waals surface area contributed by atoms with E-state index >= 15 is 0 Å². The molecule has 2 N–H and O–H groups in total. The number of ether oxygens (including phenoxy) is 1. The number of rotatable bonds is 6. The summed E-state index contributed by atoms with van der Waals surface area (Å²) >= 11 is 6.07. The molecule has 1 aromatic rings. The predicted molar refractivity (Wildman–Crippen MR) is 118 cm³/mol. The SMILES string of the molecule is CN=C(NCCC(=O)Nc1cccc(Cl)c1C)N(C)CC1CCOC1.I. The van der Waals surface area contributed by atoms with Crippen LogP contribution in [0.5, 0.6) is 0 Å². The molecule has 2 rings (SSSR count). The van der Waals surface area contributed by atoms with Gasteiger partial charge in [0.15, 0.2) is 5.96 Å². The van der Waals surface area contributed by atoms with E-state index in [1.165, 1.54) is 0 Å². The minimum absolute atomic E-state index is 0. The fourth-order valence-corrected chi connectivity index (χ4v) is 3.00. The highest BCUT2D eigenvalue weighted by atomic mass is 127. The van der Waals surface area contributed by atoms with E-state index in [-0.39, 0.29) is 29.9 Å². The van der Waals surface area contributed by atoms with Gasteiger partial charge >= 0.3 is 0 Å². The zero-order valence-electron chi connectivity index (χ0n) is 15.5. The van der Waals surface area contributed by atoms with Gasteiger partial charge in [0, 0.05) is 56.8 Å². The molecule has 0 aromatic heterocycles. The number of amides is 1. The Bertz CT molecular complexity index is 621. The minimum atomic E-state index is -0.0554. The van der Waals surface area contributed by atoms with Gasteiger partial charge in [-0.15, -0.1) is 24.0 Å². The van der Waals surface area contributed by atoms with Crippen molar-refractivity contribution >= 4 is 53.1 Å². The number of hydrogen-bond donors (Lipinski definition) is 2. The molecule has 26 heavy (non-hydrogen) atoms. The Hall–Kier alpha value is -1.06. The number of carbonyl (C=O) groups excluding carboxylic acids is 1. The lowest BCUT2D eigenvalue weighted by atomic mass is 10.1. The molecule has 0 aliphatic carbocycles. The third kappa shape index (κ3) is 6.92. The van der Waals surface area contributed by atoms with Crippen molar-refractivity contribution < 1.29 is 9.53 Å². The molecule has 0 radical (unpaired) electrons. The summed E-state index contributed by atoms with van der Waals surface area (Å²) in [7, 11) is 3.75. The molecule has 6 nitrogen and oxygen atoms in total. The first-order chi connectivity index (χ1) is 12.0. The maximum Gasteiger partial charge on any atom is 0.226 e. The molecule has 146 valence electrons. The number of carbonyl (C=O) groups is 1. The van der Waals surface area contributed by atoms with Crippen LogP contribution in [0.15, 0.2) is 23.2 Å².